The van der Waals surface area contributed by atoms with Crippen LogP contribution in [0.5, 0.6) is 0 Å². The Morgan fingerprint density at radius 2 is 2.31 bits per heavy atom. The van der Waals surface area contributed by atoms with Gasteiger partial charge in [-0.25, -0.2) is 0 Å². The van der Waals surface area contributed by atoms with E-state index < -0.39 is 0 Å². The van der Waals surface area contributed by atoms with E-state index in [2.05, 4.69) is 36.7 Å². The van der Waals surface area contributed by atoms with E-state index in [4.69, 9.17) is 0 Å². The van der Waals surface area contributed by atoms with E-state index >= 15 is 0 Å². The van der Waals surface area contributed by atoms with Crippen LogP contribution in [0.4, 0.5) is 0 Å². The molecule has 1 aromatic heterocycles. The minimum atomic E-state index is 0.581. The Kier molecular flexibility index (Phi) is 5.91. The summed E-state index contributed by atoms with van der Waals surface area (Å²) in [4.78, 5) is 0. The first kappa shape index (κ1) is 13.6. The molecule has 0 fully saturated rings. The summed E-state index contributed by atoms with van der Waals surface area (Å²) in [7, 11) is 1.99. The zero-order chi connectivity index (χ0) is 12.0. The highest BCUT2D eigenvalue weighted by molar-refractivity contribution is 7.98. The van der Waals surface area contributed by atoms with E-state index in [0.717, 1.165) is 13.0 Å². The molecule has 92 valence electrons. The van der Waals surface area contributed by atoms with Crippen LogP contribution in [0.2, 0.25) is 0 Å². The van der Waals surface area contributed by atoms with Crippen LogP contribution in [-0.4, -0.2) is 27.8 Å². The molecule has 1 unspecified atom stereocenters. The molecule has 0 saturated carbocycles. The highest BCUT2D eigenvalue weighted by atomic mass is 32.2. The predicted molar refractivity (Wildman–Crippen MR) is 71.9 cm³/mol. The maximum absolute atomic E-state index is 4.44. The average Bonchev–Trinajstić information content (AvgIpc) is 2.64. The summed E-state index contributed by atoms with van der Waals surface area (Å²) in [6.45, 7) is 5.34. The Balaban J connectivity index is 2.41. The van der Waals surface area contributed by atoms with Crippen LogP contribution in [0.15, 0.2) is 6.20 Å². The lowest BCUT2D eigenvalue weighted by Gasteiger charge is -2.12. The summed E-state index contributed by atoms with van der Waals surface area (Å²) >= 11 is 1.91. The maximum Gasteiger partial charge on any atom is 0.0666 e. The van der Waals surface area contributed by atoms with E-state index in [1.54, 1.807) is 0 Å². The second-order valence-electron chi connectivity index (χ2n) is 4.19. The number of hydrogen-bond acceptors (Lipinski definition) is 3. The van der Waals surface area contributed by atoms with E-state index in [1.165, 1.54) is 23.4 Å². The minimum absolute atomic E-state index is 0.581. The molecule has 1 N–H and O–H groups in total. The monoisotopic (exact) mass is 241 g/mol. The fraction of sp³-hybridized carbons (Fsp3) is 0.750. The number of aryl methyl sites for hydroxylation is 2. The van der Waals surface area contributed by atoms with Crippen molar-refractivity contribution in [3.8, 4) is 0 Å². The molecule has 0 spiro atoms. The van der Waals surface area contributed by atoms with Crippen molar-refractivity contribution < 1.29 is 0 Å². The third kappa shape index (κ3) is 4.18. The summed E-state index contributed by atoms with van der Waals surface area (Å²) in [5.41, 5.74) is 2.55. The number of thioether (sulfide) groups is 1. The fourth-order valence-corrected chi connectivity index (χ4v) is 2.30. The lowest BCUT2D eigenvalue weighted by atomic mass is 10.2. The molecule has 4 heteroatoms. The van der Waals surface area contributed by atoms with E-state index in [-0.39, 0.29) is 0 Å². The van der Waals surface area contributed by atoms with Crippen LogP contribution in [0.3, 0.4) is 0 Å². The molecule has 0 aliphatic carbocycles. The summed E-state index contributed by atoms with van der Waals surface area (Å²) in [6, 6.07) is 0.581. The number of nitrogens with one attached hydrogen (secondary N) is 1. The van der Waals surface area contributed by atoms with Gasteiger partial charge in [0.15, 0.2) is 0 Å². The van der Waals surface area contributed by atoms with E-state index in [0.29, 0.717) is 6.04 Å². The molecule has 1 heterocycles. The van der Waals surface area contributed by atoms with Gasteiger partial charge in [0.25, 0.3) is 0 Å². The van der Waals surface area contributed by atoms with Gasteiger partial charge in [-0.3, -0.25) is 4.68 Å². The van der Waals surface area contributed by atoms with Crippen molar-refractivity contribution in [2.45, 2.75) is 39.3 Å². The fourth-order valence-electron chi connectivity index (χ4n) is 1.71. The summed E-state index contributed by atoms with van der Waals surface area (Å²) in [5.74, 6) is 1.22. The largest absolute Gasteiger partial charge is 0.310 e. The maximum atomic E-state index is 4.44. The van der Waals surface area contributed by atoms with Gasteiger partial charge < -0.3 is 5.32 Å². The minimum Gasteiger partial charge on any atom is -0.310 e. The molecular weight excluding hydrogens is 218 g/mol. The van der Waals surface area contributed by atoms with Crippen molar-refractivity contribution in [2.75, 3.05) is 12.0 Å². The Hall–Kier alpha value is -0.480. The highest BCUT2D eigenvalue weighted by Gasteiger charge is 2.07. The first-order chi connectivity index (χ1) is 7.67. The highest BCUT2D eigenvalue weighted by Crippen LogP contribution is 2.08. The molecule has 0 saturated heterocycles. The topological polar surface area (TPSA) is 29.9 Å². The van der Waals surface area contributed by atoms with E-state index in [1.807, 2.05) is 23.5 Å². The molecule has 0 amide bonds. The van der Waals surface area contributed by atoms with Crippen LogP contribution in [0.25, 0.3) is 0 Å². The van der Waals surface area contributed by atoms with Gasteiger partial charge in [0.05, 0.1) is 5.69 Å². The predicted octanol–water partition coefficient (Wildman–Crippen LogP) is 2.21. The number of nitrogens with zero attached hydrogens (tertiary/aromatic N) is 2. The van der Waals surface area contributed by atoms with Gasteiger partial charge in [-0.05, 0) is 31.8 Å². The normalized spacial score (nSPS) is 13.0. The standard InChI is InChI=1S/C12H23N3S/c1-5-12-11(9-15(3)14-12)8-13-10(2)6-7-16-4/h9-10,13H,5-8H2,1-4H3. The quantitative estimate of drug-likeness (QED) is 0.794. The molecule has 1 aromatic rings. The van der Waals surface area contributed by atoms with Crippen molar-refractivity contribution in [3.05, 3.63) is 17.5 Å². The number of aromatic nitrogens is 2. The lowest BCUT2D eigenvalue weighted by molar-refractivity contribution is 0.536. The number of rotatable bonds is 7. The Morgan fingerprint density at radius 1 is 1.56 bits per heavy atom. The van der Waals surface area contributed by atoms with Crippen LogP contribution in [-0.2, 0) is 20.0 Å². The van der Waals surface area contributed by atoms with Gasteiger partial charge >= 0.3 is 0 Å². The summed E-state index contributed by atoms with van der Waals surface area (Å²) in [6.07, 6.45) is 6.51. The van der Waals surface area contributed by atoms with Gasteiger partial charge in [0.2, 0.25) is 0 Å². The van der Waals surface area contributed by atoms with Crippen molar-refractivity contribution in [3.63, 3.8) is 0 Å². The molecule has 0 radical (unpaired) electrons. The molecule has 1 rings (SSSR count). The van der Waals surface area contributed by atoms with Crippen molar-refractivity contribution >= 4 is 11.8 Å². The number of hydrogen-bond donors (Lipinski definition) is 1. The van der Waals surface area contributed by atoms with Gasteiger partial charge in [-0.1, -0.05) is 6.92 Å². The Bertz CT molecular complexity index is 309. The third-order valence-electron chi connectivity index (χ3n) is 2.72. The zero-order valence-electron chi connectivity index (χ0n) is 10.8. The van der Waals surface area contributed by atoms with Gasteiger partial charge in [-0.2, -0.15) is 16.9 Å². The van der Waals surface area contributed by atoms with Gasteiger partial charge in [0, 0.05) is 31.4 Å². The summed E-state index contributed by atoms with van der Waals surface area (Å²) < 4.78 is 1.91. The molecule has 0 aliphatic heterocycles. The Labute approximate surface area is 103 Å². The third-order valence-corrected chi connectivity index (χ3v) is 3.37. The van der Waals surface area contributed by atoms with Crippen LogP contribution in [0.1, 0.15) is 31.5 Å². The van der Waals surface area contributed by atoms with Crippen molar-refractivity contribution in [2.24, 2.45) is 7.05 Å². The van der Waals surface area contributed by atoms with Crippen molar-refractivity contribution in [1.29, 1.82) is 0 Å². The lowest BCUT2D eigenvalue weighted by Crippen LogP contribution is -2.26. The molecule has 0 aromatic carbocycles. The van der Waals surface area contributed by atoms with Crippen LogP contribution < -0.4 is 5.32 Å². The average molecular weight is 241 g/mol. The molecular formula is C12H23N3S. The molecule has 0 bridgehead atoms. The van der Waals surface area contributed by atoms with Crippen molar-refractivity contribution in [1.82, 2.24) is 15.1 Å². The second kappa shape index (κ2) is 6.97. The molecule has 16 heavy (non-hydrogen) atoms. The van der Waals surface area contributed by atoms with Gasteiger partial charge in [0.1, 0.15) is 0 Å². The Morgan fingerprint density at radius 3 is 2.94 bits per heavy atom. The second-order valence-corrected chi connectivity index (χ2v) is 5.18. The van der Waals surface area contributed by atoms with Crippen LogP contribution in [0, 0.1) is 0 Å². The first-order valence-corrected chi connectivity index (χ1v) is 7.30. The van der Waals surface area contributed by atoms with Gasteiger partial charge in [-0.15, -0.1) is 0 Å². The van der Waals surface area contributed by atoms with E-state index in [9.17, 15) is 0 Å². The van der Waals surface area contributed by atoms with Crippen LogP contribution >= 0.6 is 11.8 Å². The summed E-state index contributed by atoms with van der Waals surface area (Å²) in [5, 5.41) is 8.00. The molecule has 1 atom stereocenters. The SMILES string of the molecule is CCc1nn(C)cc1CNC(C)CCSC. The first-order valence-electron chi connectivity index (χ1n) is 5.91. The molecule has 0 aliphatic rings. The smallest absolute Gasteiger partial charge is 0.0666 e. The molecule has 3 nitrogen and oxygen atoms in total. The zero-order valence-corrected chi connectivity index (χ0v) is 11.6.